The summed E-state index contributed by atoms with van der Waals surface area (Å²) >= 11 is 3.18. The smallest absolute Gasteiger partial charge is 0.308 e. The number of carbonyl (C=O) groups excluding carboxylic acids is 1. The highest BCUT2D eigenvalue weighted by Crippen LogP contribution is 2.15. The van der Waals surface area contributed by atoms with E-state index in [1.807, 2.05) is 0 Å². The topological polar surface area (TPSA) is 96.3 Å². The molecule has 1 atom stereocenters. The Morgan fingerprint density at radius 2 is 2.25 bits per heavy atom. The average molecular weight is 361 g/mol. The van der Waals surface area contributed by atoms with Gasteiger partial charge in [-0.1, -0.05) is 22.0 Å². The second-order valence-electron chi connectivity index (χ2n) is 3.87. The lowest BCUT2D eigenvalue weighted by Gasteiger charge is -2.08. The SMILES string of the molecule is C[C@@H](C#N)OC(=O)CCNS(=O)(=O)c1cccc(Br)c1. The Morgan fingerprint density at radius 1 is 1.55 bits per heavy atom. The molecule has 0 saturated carbocycles. The van der Waals surface area contributed by atoms with Gasteiger partial charge in [-0.15, -0.1) is 0 Å². The molecule has 1 aromatic carbocycles. The Morgan fingerprint density at radius 3 is 2.85 bits per heavy atom. The van der Waals surface area contributed by atoms with Crippen molar-refractivity contribution in [2.75, 3.05) is 6.54 Å². The van der Waals surface area contributed by atoms with Crippen LogP contribution in [0.25, 0.3) is 0 Å². The van der Waals surface area contributed by atoms with Crippen LogP contribution in [0.5, 0.6) is 0 Å². The van der Waals surface area contributed by atoms with Crippen molar-refractivity contribution in [1.29, 1.82) is 5.26 Å². The first kappa shape index (κ1) is 16.6. The van der Waals surface area contributed by atoms with Gasteiger partial charge in [-0.25, -0.2) is 13.1 Å². The maximum Gasteiger partial charge on any atom is 0.308 e. The summed E-state index contributed by atoms with van der Waals surface area (Å²) in [5.74, 6) is -0.629. The van der Waals surface area contributed by atoms with Gasteiger partial charge >= 0.3 is 5.97 Å². The molecular weight excluding hydrogens is 348 g/mol. The van der Waals surface area contributed by atoms with Gasteiger partial charge in [-0.2, -0.15) is 5.26 Å². The number of carbonyl (C=O) groups is 1. The summed E-state index contributed by atoms with van der Waals surface area (Å²) in [6, 6.07) is 7.96. The number of esters is 1. The van der Waals surface area contributed by atoms with E-state index in [0.29, 0.717) is 4.47 Å². The van der Waals surface area contributed by atoms with E-state index >= 15 is 0 Å². The third kappa shape index (κ3) is 5.28. The molecule has 0 spiro atoms. The first-order valence-corrected chi connectivity index (χ1v) is 7.97. The van der Waals surface area contributed by atoms with Crippen LogP contribution in [0.1, 0.15) is 13.3 Å². The van der Waals surface area contributed by atoms with Crippen molar-refractivity contribution in [3.63, 3.8) is 0 Å². The van der Waals surface area contributed by atoms with Crippen molar-refractivity contribution in [3.05, 3.63) is 28.7 Å². The first-order chi connectivity index (χ1) is 9.35. The normalized spacial score (nSPS) is 12.4. The summed E-state index contributed by atoms with van der Waals surface area (Å²) in [6.07, 6.45) is -0.983. The molecule has 0 aromatic heterocycles. The number of nitrogens with one attached hydrogen (secondary N) is 1. The maximum absolute atomic E-state index is 11.9. The standard InChI is InChI=1S/C12H13BrN2O4S/c1-9(8-14)19-12(16)5-6-15-20(17,18)11-4-2-3-10(13)7-11/h2-4,7,9,15H,5-6H2,1H3/t9-/m0/s1. The molecular formula is C12H13BrN2O4S. The third-order valence-corrected chi connectivity index (χ3v) is 4.17. The van der Waals surface area contributed by atoms with Gasteiger partial charge in [-0.3, -0.25) is 4.79 Å². The van der Waals surface area contributed by atoms with Gasteiger partial charge in [-0.05, 0) is 25.1 Å². The number of rotatable bonds is 6. The zero-order valence-electron chi connectivity index (χ0n) is 10.7. The Bertz CT molecular complexity index is 625. The van der Waals surface area contributed by atoms with E-state index < -0.39 is 22.1 Å². The maximum atomic E-state index is 11.9. The lowest BCUT2D eigenvalue weighted by Crippen LogP contribution is -2.27. The molecule has 0 radical (unpaired) electrons. The van der Waals surface area contributed by atoms with Crippen molar-refractivity contribution in [2.45, 2.75) is 24.3 Å². The van der Waals surface area contributed by atoms with Crippen LogP contribution < -0.4 is 4.72 Å². The number of nitrogens with zero attached hydrogens (tertiary/aromatic N) is 1. The van der Waals surface area contributed by atoms with Crippen molar-refractivity contribution in [3.8, 4) is 6.07 Å². The summed E-state index contributed by atoms with van der Waals surface area (Å²) in [5, 5.41) is 8.47. The highest BCUT2D eigenvalue weighted by Gasteiger charge is 2.15. The van der Waals surface area contributed by atoms with E-state index in [4.69, 9.17) is 10.00 Å². The summed E-state index contributed by atoms with van der Waals surface area (Å²) < 4.78 is 31.4. The third-order valence-electron chi connectivity index (χ3n) is 2.22. The largest absolute Gasteiger partial charge is 0.447 e. The minimum atomic E-state index is -3.67. The zero-order chi connectivity index (χ0) is 15.2. The molecule has 0 amide bonds. The molecule has 1 N–H and O–H groups in total. The molecule has 0 heterocycles. The monoisotopic (exact) mass is 360 g/mol. The molecule has 108 valence electrons. The van der Waals surface area contributed by atoms with Crippen LogP contribution in [0.4, 0.5) is 0 Å². The van der Waals surface area contributed by atoms with Crippen LogP contribution in [-0.2, 0) is 19.6 Å². The fourth-order valence-electron chi connectivity index (χ4n) is 1.29. The van der Waals surface area contributed by atoms with Crippen LogP contribution >= 0.6 is 15.9 Å². The Labute approximate surface area is 125 Å². The number of ether oxygens (including phenoxy) is 1. The summed E-state index contributed by atoms with van der Waals surface area (Å²) in [4.78, 5) is 11.4. The van der Waals surface area contributed by atoms with Gasteiger partial charge in [0.05, 0.1) is 11.3 Å². The van der Waals surface area contributed by atoms with Gasteiger partial charge in [0.2, 0.25) is 10.0 Å². The highest BCUT2D eigenvalue weighted by atomic mass is 79.9. The van der Waals surface area contributed by atoms with Crippen LogP contribution in [0.3, 0.4) is 0 Å². The Kier molecular flexibility index (Phi) is 6.13. The molecule has 0 fully saturated rings. The molecule has 20 heavy (non-hydrogen) atoms. The van der Waals surface area contributed by atoms with Crippen molar-refractivity contribution >= 4 is 31.9 Å². The molecule has 0 aliphatic heterocycles. The Hall–Kier alpha value is -1.43. The van der Waals surface area contributed by atoms with Gasteiger partial charge < -0.3 is 4.74 Å². The van der Waals surface area contributed by atoms with Gasteiger partial charge in [0.25, 0.3) is 0 Å². The van der Waals surface area contributed by atoms with Crippen molar-refractivity contribution in [1.82, 2.24) is 4.72 Å². The quantitative estimate of drug-likeness (QED) is 0.776. The van der Waals surface area contributed by atoms with E-state index in [1.54, 1.807) is 18.2 Å². The molecule has 0 aliphatic carbocycles. The van der Waals surface area contributed by atoms with E-state index in [-0.39, 0.29) is 17.9 Å². The van der Waals surface area contributed by atoms with E-state index in [9.17, 15) is 13.2 Å². The van der Waals surface area contributed by atoms with E-state index in [2.05, 4.69) is 20.7 Å². The fourth-order valence-corrected chi connectivity index (χ4v) is 2.92. The Balaban J connectivity index is 2.53. The summed E-state index contributed by atoms with van der Waals surface area (Å²) in [7, 11) is -3.67. The second-order valence-corrected chi connectivity index (χ2v) is 6.55. The lowest BCUT2D eigenvalue weighted by molar-refractivity contribution is -0.145. The molecule has 1 aromatic rings. The molecule has 0 unspecified atom stereocenters. The number of nitriles is 1. The van der Waals surface area contributed by atoms with Crippen LogP contribution in [0.2, 0.25) is 0 Å². The van der Waals surface area contributed by atoms with Crippen LogP contribution in [0.15, 0.2) is 33.6 Å². The van der Waals surface area contributed by atoms with Crippen LogP contribution in [-0.4, -0.2) is 27.0 Å². The molecule has 1 rings (SSSR count). The minimum absolute atomic E-state index is 0.0914. The number of halogens is 1. The number of hydrogen-bond donors (Lipinski definition) is 1. The minimum Gasteiger partial charge on any atom is -0.447 e. The summed E-state index contributed by atoms with van der Waals surface area (Å²) in [5.41, 5.74) is 0. The van der Waals surface area contributed by atoms with Gasteiger partial charge in [0.15, 0.2) is 6.10 Å². The summed E-state index contributed by atoms with van der Waals surface area (Å²) in [6.45, 7) is 1.34. The second kappa shape index (κ2) is 7.38. The molecule has 0 bridgehead atoms. The van der Waals surface area contributed by atoms with Gasteiger partial charge in [0.1, 0.15) is 6.07 Å². The van der Waals surface area contributed by atoms with Gasteiger partial charge in [0, 0.05) is 11.0 Å². The predicted octanol–water partition coefficient (Wildman–Crippen LogP) is 1.57. The van der Waals surface area contributed by atoms with Crippen LogP contribution in [0, 0.1) is 11.3 Å². The lowest BCUT2D eigenvalue weighted by atomic mass is 10.4. The molecule has 0 aliphatic rings. The highest BCUT2D eigenvalue weighted by molar-refractivity contribution is 9.10. The molecule has 6 nitrogen and oxygen atoms in total. The predicted molar refractivity (Wildman–Crippen MR) is 75.1 cm³/mol. The van der Waals surface area contributed by atoms with E-state index in [1.165, 1.54) is 19.1 Å². The average Bonchev–Trinajstić information content (AvgIpc) is 2.38. The number of hydrogen-bond acceptors (Lipinski definition) is 5. The first-order valence-electron chi connectivity index (χ1n) is 5.69. The zero-order valence-corrected chi connectivity index (χ0v) is 13.1. The van der Waals surface area contributed by atoms with Crippen molar-refractivity contribution in [2.24, 2.45) is 0 Å². The number of sulfonamides is 1. The van der Waals surface area contributed by atoms with Crippen molar-refractivity contribution < 1.29 is 17.9 Å². The van der Waals surface area contributed by atoms with E-state index in [0.717, 1.165) is 0 Å². The molecule has 8 heteroatoms. The fraction of sp³-hybridized carbons (Fsp3) is 0.333. The molecule has 0 saturated heterocycles. The number of benzene rings is 1.